The molecule has 0 radical (unpaired) electrons. The fourth-order valence-corrected chi connectivity index (χ4v) is 2.16. The van der Waals surface area contributed by atoms with Gasteiger partial charge in [-0.1, -0.05) is 0 Å². The molecule has 1 aliphatic heterocycles. The lowest BCUT2D eigenvalue weighted by Crippen LogP contribution is -2.47. The highest BCUT2D eigenvalue weighted by Crippen LogP contribution is 2.09. The van der Waals surface area contributed by atoms with E-state index in [-0.39, 0.29) is 17.9 Å². The second kappa shape index (κ2) is 8.08. The summed E-state index contributed by atoms with van der Waals surface area (Å²) in [6, 6.07) is -0.197. The van der Waals surface area contributed by atoms with E-state index in [0.717, 1.165) is 25.9 Å². The van der Waals surface area contributed by atoms with Crippen LogP contribution in [0.25, 0.3) is 0 Å². The molecule has 0 spiro atoms. The van der Waals surface area contributed by atoms with Gasteiger partial charge in [0.25, 0.3) is 0 Å². The molecule has 5 nitrogen and oxygen atoms in total. The Balaban J connectivity index is 2.20. The standard InChI is InChI=1S/C13H25N3O2/c1-3-14-12(17)7-8-15-11(2)13(18)16-9-5-4-6-10-16/h11,15H,3-10H2,1-2H3,(H,14,17). The third kappa shape index (κ3) is 5.04. The molecule has 1 atom stereocenters. The Kier molecular flexibility index (Phi) is 6.72. The van der Waals surface area contributed by atoms with Crippen LogP contribution in [0.3, 0.4) is 0 Å². The number of likely N-dealkylation sites (tertiary alicyclic amines) is 1. The van der Waals surface area contributed by atoms with Crippen LogP contribution >= 0.6 is 0 Å². The number of nitrogens with zero attached hydrogens (tertiary/aromatic N) is 1. The number of hydrogen-bond acceptors (Lipinski definition) is 3. The lowest BCUT2D eigenvalue weighted by atomic mass is 10.1. The fraction of sp³-hybridized carbons (Fsp3) is 0.846. The highest BCUT2D eigenvalue weighted by Gasteiger charge is 2.21. The van der Waals surface area contributed by atoms with Crippen molar-refractivity contribution in [3.8, 4) is 0 Å². The lowest BCUT2D eigenvalue weighted by molar-refractivity contribution is -0.134. The third-order valence-electron chi connectivity index (χ3n) is 3.21. The number of hydrogen-bond donors (Lipinski definition) is 2. The minimum atomic E-state index is -0.197. The predicted octanol–water partition coefficient (Wildman–Crippen LogP) is 0.503. The van der Waals surface area contributed by atoms with Crippen molar-refractivity contribution in [2.24, 2.45) is 0 Å². The largest absolute Gasteiger partial charge is 0.356 e. The Labute approximate surface area is 109 Å². The molecule has 2 N–H and O–H groups in total. The van der Waals surface area contributed by atoms with Crippen molar-refractivity contribution in [1.29, 1.82) is 0 Å². The normalized spacial score (nSPS) is 17.3. The Bertz CT molecular complexity index is 275. The molecule has 0 aromatic rings. The average molecular weight is 255 g/mol. The Morgan fingerprint density at radius 1 is 1.22 bits per heavy atom. The zero-order valence-corrected chi connectivity index (χ0v) is 11.5. The molecular weight excluding hydrogens is 230 g/mol. The second-order valence-electron chi connectivity index (χ2n) is 4.77. The summed E-state index contributed by atoms with van der Waals surface area (Å²) < 4.78 is 0. The summed E-state index contributed by atoms with van der Waals surface area (Å²) in [6.45, 7) is 6.72. The van der Waals surface area contributed by atoms with E-state index < -0.39 is 0 Å². The molecule has 1 unspecified atom stereocenters. The van der Waals surface area contributed by atoms with E-state index in [4.69, 9.17) is 0 Å². The molecule has 0 aromatic carbocycles. The summed E-state index contributed by atoms with van der Waals surface area (Å²) >= 11 is 0. The van der Waals surface area contributed by atoms with Gasteiger partial charge >= 0.3 is 0 Å². The van der Waals surface area contributed by atoms with Gasteiger partial charge in [0.05, 0.1) is 6.04 Å². The summed E-state index contributed by atoms with van der Waals surface area (Å²) in [4.78, 5) is 25.2. The topological polar surface area (TPSA) is 61.4 Å². The number of rotatable bonds is 6. The molecule has 0 saturated carbocycles. The van der Waals surface area contributed by atoms with Gasteiger partial charge < -0.3 is 15.5 Å². The smallest absolute Gasteiger partial charge is 0.239 e. The highest BCUT2D eigenvalue weighted by molar-refractivity contribution is 5.81. The van der Waals surface area contributed by atoms with E-state index in [1.54, 1.807) is 0 Å². The second-order valence-corrected chi connectivity index (χ2v) is 4.77. The third-order valence-corrected chi connectivity index (χ3v) is 3.21. The van der Waals surface area contributed by atoms with Gasteiger partial charge in [-0.25, -0.2) is 0 Å². The lowest BCUT2D eigenvalue weighted by Gasteiger charge is -2.29. The van der Waals surface area contributed by atoms with Crippen molar-refractivity contribution in [2.45, 2.75) is 45.6 Å². The van der Waals surface area contributed by atoms with Gasteiger partial charge in [0.15, 0.2) is 0 Å². The van der Waals surface area contributed by atoms with Gasteiger partial charge in [-0.2, -0.15) is 0 Å². The van der Waals surface area contributed by atoms with Crippen molar-refractivity contribution in [1.82, 2.24) is 15.5 Å². The summed E-state index contributed by atoms with van der Waals surface area (Å²) in [5.74, 6) is 0.188. The SMILES string of the molecule is CCNC(=O)CCNC(C)C(=O)N1CCCCC1. The summed E-state index contributed by atoms with van der Waals surface area (Å²) in [7, 11) is 0. The Morgan fingerprint density at radius 2 is 1.89 bits per heavy atom. The zero-order valence-electron chi connectivity index (χ0n) is 11.5. The van der Waals surface area contributed by atoms with Crippen LogP contribution in [0.4, 0.5) is 0 Å². The molecule has 18 heavy (non-hydrogen) atoms. The fourth-order valence-electron chi connectivity index (χ4n) is 2.16. The maximum atomic E-state index is 12.1. The molecule has 1 saturated heterocycles. The van der Waals surface area contributed by atoms with E-state index in [2.05, 4.69) is 10.6 Å². The minimum absolute atomic E-state index is 0.0302. The van der Waals surface area contributed by atoms with Crippen molar-refractivity contribution in [3.05, 3.63) is 0 Å². The number of nitrogens with one attached hydrogen (secondary N) is 2. The maximum Gasteiger partial charge on any atom is 0.239 e. The maximum absolute atomic E-state index is 12.1. The van der Waals surface area contributed by atoms with E-state index in [1.807, 2.05) is 18.7 Å². The van der Waals surface area contributed by atoms with Crippen LogP contribution in [0, 0.1) is 0 Å². The number of carbonyl (C=O) groups excluding carboxylic acids is 2. The molecule has 2 amide bonds. The number of amides is 2. The van der Waals surface area contributed by atoms with E-state index in [1.165, 1.54) is 6.42 Å². The van der Waals surface area contributed by atoms with Gasteiger partial charge in [0.2, 0.25) is 11.8 Å². The van der Waals surface area contributed by atoms with Crippen LogP contribution in [0.2, 0.25) is 0 Å². The van der Waals surface area contributed by atoms with Gasteiger partial charge in [0, 0.05) is 32.6 Å². The van der Waals surface area contributed by atoms with E-state index in [9.17, 15) is 9.59 Å². The summed E-state index contributed by atoms with van der Waals surface area (Å²) in [5.41, 5.74) is 0. The van der Waals surface area contributed by atoms with Crippen molar-refractivity contribution < 1.29 is 9.59 Å². The first-order valence-electron chi connectivity index (χ1n) is 6.94. The number of carbonyl (C=O) groups is 2. The van der Waals surface area contributed by atoms with Crippen molar-refractivity contribution >= 4 is 11.8 Å². The molecule has 1 rings (SSSR count). The molecular formula is C13H25N3O2. The van der Waals surface area contributed by atoms with Crippen LogP contribution in [0.15, 0.2) is 0 Å². The Hall–Kier alpha value is -1.10. The number of piperidine rings is 1. The van der Waals surface area contributed by atoms with Gasteiger partial charge in [0.1, 0.15) is 0 Å². The molecule has 0 bridgehead atoms. The Morgan fingerprint density at radius 3 is 2.50 bits per heavy atom. The van der Waals surface area contributed by atoms with Crippen molar-refractivity contribution in [2.75, 3.05) is 26.2 Å². The summed E-state index contributed by atoms with van der Waals surface area (Å²) in [5, 5.41) is 5.85. The van der Waals surface area contributed by atoms with Crippen molar-refractivity contribution in [3.63, 3.8) is 0 Å². The van der Waals surface area contributed by atoms with Gasteiger partial charge in [-0.15, -0.1) is 0 Å². The first-order chi connectivity index (χ1) is 8.65. The first kappa shape index (κ1) is 15.0. The van der Waals surface area contributed by atoms with Gasteiger partial charge in [-0.3, -0.25) is 9.59 Å². The quantitative estimate of drug-likeness (QED) is 0.726. The molecule has 104 valence electrons. The molecule has 1 aliphatic rings. The predicted molar refractivity (Wildman–Crippen MR) is 71.2 cm³/mol. The van der Waals surface area contributed by atoms with Crippen LogP contribution in [0.1, 0.15) is 39.5 Å². The monoisotopic (exact) mass is 255 g/mol. The van der Waals surface area contributed by atoms with Crippen LogP contribution in [-0.2, 0) is 9.59 Å². The van der Waals surface area contributed by atoms with E-state index >= 15 is 0 Å². The summed E-state index contributed by atoms with van der Waals surface area (Å²) in [6.07, 6.45) is 3.86. The van der Waals surface area contributed by atoms with Crippen LogP contribution in [-0.4, -0.2) is 48.9 Å². The highest BCUT2D eigenvalue weighted by atomic mass is 16.2. The molecule has 1 heterocycles. The van der Waals surface area contributed by atoms with E-state index in [0.29, 0.717) is 19.5 Å². The minimum Gasteiger partial charge on any atom is -0.356 e. The first-order valence-corrected chi connectivity index (χ1v) is 6.94. The van der Waals surface area contributed by atoms with Crippen LogP contribution < -0.4 is 10.6 Å². The zero-order chi connectivity index (χ0) is 13.4. The van der Waals surface area contributed by atoms with Crippen LogP contribution in [0.5, 0.6) is 0 Å². The molecule has 0 aromatic heterocycles. The van der Waals surface area contributed by atoms with Gasteiger partial charge in [-0.05, 0) is 33.1 Å². The molecule has 1 fully saturated rings. The average Bonchev–Trinajstić information content (AvgIpc) is 2.39. The molecule has 0 aliphatic carbocycles. The molecule has 5 heteroatoms.